The summed E-state index contributed by atoms with van der Waals surface area (Å²) in [7, 11) is 0. The van der Waals surface area contributed by atoms with Gasteiger partial charge in [-0.15, -0.1) is 0 Å². The maximum Gasteiger partial charge on any atom is 0.310 e. The van der Waals surface area contributed by atoms with Crippen molar-refractivity contribution in [3.8, 4) is 6.07 Å². The molecule has 0 radical (unpaired) electrons. The van der Waals surface area contributed by atoms with Gasteiger partial charge >= 0.3 is 5.97 Å². The van der Waals surface area contributed by atoms with E-state index < -0.39 is 6.10 Å². The van der Waals surface area contributed by atoms with Crippen LogP contribution in [0, 0.1) is 29.1 Å². The van der Waals surface area contributed by atoms with E-state index in [4.69, 9.17) is 14.7 Å². The molecule has 1 atom stereocenters. The highest BCUT2D eigenvalue weighted by Crippen LogP contribution is 2.40. The number of carbonyl (C=O) groups is 1. The number of nitriles is 1. The molecule has 0 amide bonds. The van der Waals surface area contributed by atoms with Crippen LogP contribution in [0.25, 0.3) is 0 Å². The van der Waals surface area contributed by atoms with Gasteiger partial charge in [0.05, 0.1) is 12.0 Å². The van der Waals surface area contributed by atoms with Crippen molar-refractivity contribution >= 4 is 5.97 Å². The molecule has 0 heterocycles. The number of rotatable bonds is 12. The first kappa shape index (κ1) is 24.2. The van der Waals surface area contributed by atoms with E-state index >= 15 is 0 Å². The molecular formula is C25H43NO3. The summed E-state index contributed by atoms with van der Waals surface area (Å²) in [6.07, 6.45) is 18.3. The van der Waals surface area contributed by atoms with E-state index in [2.05, 4.69) is 6.92 Å². The molecule has 1 unspecified atom stereocenters. The van der Waals surface area contributed by atoms with E-state index in [9.17, 15) is 4.79 Å². The monoisotopic (exact) mass is 405 g/mol. The SMILES string of the molecule is CCCCCCCCCOC1CCC(C2CCC(C(=O)OC(C)C#N)CC2)CC1. The number of unbranched alkanes of at least 4 members (excludes halogenated alkanes) is 6. The lowest BCUT2D eigenvalue weighted by molar-refractivity contribution is -0.152. The Hall–Kier alpha value is -1.08. The highest BCUT2D eigenvalue weighted by molar-refractivity contribution is 5.72. The molecule has 0 aromatic carbocycles. The third-order valence-corrected chi connectivity index (χ3v) is 7.07. The molecule has 2 aliphatic carbocycles. The van der Waals surface area contributed by atoms with Crippen LogP contribution in [0.5, 0.6) is 0 Å². The van der Waals surface area contributed by atoms with E-state index in [-0.39, 0.29) is 11.9 Å². The third kappa shape index (κ3) is 9.08. The van der Waals surface area contributed by atoms with Gasteiger partial charge in [-0.3, -0.25) is 4.79 Å². The van der Waals surface area contributed by atoms with Gasteiger partial charge in [0, 0.05) is 6.61 Å². The summed E-state index contributed by atoms with van der Waals surface area (Å²) >= 11 is 0. The topological polar surface area (TPSA) is 59.3 Å². The standard InChI is InChI=1S/C25H43NO3/c1-3-4-5-6-7-8-9-18-28-24-16-14-22(15-17-24)21-10-12-23(13-11-21)25(27)29-20(2)19-26/h20-24H,3-18H2,1-2H3. The smallest absolute Gasteiger partial charge is 0.310 e. The summed E-state index contributed by atoms with van der Waals surface area (Å²) in [5.41, 5.74) is 0. The fourth-order valence-electron chi connectivity index (χ4n) is 5.16. The van der Waals surface area contributed by atoms with Crippen LogP contribution in [0.1, 0.15) is 110 Å². The lowest BCUT2D eigenvalue weighted by atomic mass is 9.70. The molecule has 2 aliphatic rings. The minimum atomic E-state index is -0.628. The molecule has 2 rings (SSSR count). The van der Waals surface area contributed by atoms with Crippen LogP contribution >= 0.6 is 0 Å². The van der Waals surface area contributed by atoms with Gasteiger partial charge in [-0.25, -0.2) is 0 Å². The second-order valence-electron chi connectivity index (χ2n) is 9.35. The zero-order valence-corrected chi connectivity index (χ0v) is 18.9. The summed E-state index contributed by atoms with van der Waals surface area (Å²) in [4.78, 5) is 12.1. The number of hydrogen-bond donors (Lipinski definition) is 0. The molecule has 2 fully saturated rings. The van der Waals surface area contributed by atoms with Crippen molar-refractivity contribution in [1.29, 1.82) is 5.26 Å². The maximum absolute atomic E-state index is 12.1. The van der Waals surface area contributed by atoms with Crippen molar-refractivity contribution in [2.75, 3.05) is 6.61 Å². The normalized spacial score (nSPS) is 28.4. The van der Waals surface area contributed by atoms with Gasteiger partial charge in [-0.2, -0.15) is 5.26 Å². The van der Waals surface area contributed by atoms with Crippen LogP contribution in [-0.4, -0.2) is 24.8 Å². The summed E-state index contributed by atoms with van der Waals surface area (Å²) in [6, 6.07) is 1.98. The first-order valence-corrected chi connectivity index (χ1v) is 12.4. The van der Waals surface area contributed by atoms with E-state index in [0.29, 0.717) is 6.10 Å². The van der Waals surface area contributed by atoms with Crippen molar-refractivity contribution in [1.82, 2.24) is 0 Å². The van der Waals surface area contributed by atoms with Crippen molar-refractivity contribution < 1.29 is 14.3 Å². The highest BCUT2D eigenvalue weighted by atomic mass is 16.5. The largest absolute Gasteiger partial charge is 0.447 e. The van der Waals surface area contributed by atoms with Gasteiger partial charge in [0.15, 0.2) is 6.10 Å². The maximum atomic E-state index is 12.1. The number of hydrogen-bond acceptors (Lipinski definition) is 4. The second-order valence-corrected chi connectivity index (χ2v) is 9.35. The zero-order chi connectivity index (χ0) is 20.9. The molecule has 4 nitrogen and oxygen atoms in total. The number of nitrogens with zero attached hydrogens (tertiary/aromatic N) is 1. The van der Waals surface area contributed by atoms with Crippen LogP contribution in [0.15, 0.2) is 0 Å². The Kier molecular flexibility index (Phi) is 11.7. The van der Waals surface area contributed by atoms with Crippen LogP contribution < -0.4 is 0 Å². The average molecular weight is 406 g/mol. The summed E-state index contributed by atoms with van der Waals surface area (Å²) < 4.78 is 11.4. The quantitative estimate of drug-likeness (QED) is 0.272. The van der Waals surface area contributed by atoms with Crippen LogP contribution in [-0.2, 0) is 14.3 Å². The van der Waals surface area contributed by atoms with E-state index in [0.717, 1.165) is 44.1 Å². The molecule has 0 aliphatic heterocycles. The van der Waals surface area contributed by atoms with Gasteiger partial charge < -0.3 is 9.47 Å². The number of carbonyl (C=O) groups excluding carboxylic acids is 1. The van der Waals surface area contributed by atoms with Gasteiger partial charge in [0.2, 0.25) is 0 Å². The highest BCUT2D eigenvalue weighted by Gasteiger charge is 2.34. The second kappa shape index (κ2) is 14.0. The van der Waals surface area contributed by atoms with Crippen LogP contribution in [0.4, 0.5) is 0 Å². The molecule has 4 heteroatoms. The predicted octanol–water partition coefficient (Wildman–Crippen LogP) is 6.57. The van der Waals surface area contributed by atoms with Crippen LogP contribution in [0.2, 0.25) is 0 Å². The first-order valence-electron chi connectivity index (χ1n) is 12.4. The molecule has 0 spiro atoms. The minimum absolute atomic E-state index is 0.00342. The summed E-state index contributed by atoms with van der Waals surface area (Å²) in [6.45, 7) is 4.85. The Morgan fingerprint density at radius 1 is 0.897 bits per heavy atom. The zero-order valence-electron chi connectivity index (χ0n) is 18.9. The van der Waals surface area contributed by atoms with Gasteiger partial charge in [-0.1, -0.05) is 45.4 Å². The van der Waals surface area contributed by atoms with Crippen molar-refractivity contribution in [2.45, 2.75) is 122 Å². The molecule has 0 aromatic heterocycles. The Labute approximate surface area is 178 Å². The van der Waals surface area contributed by atoms with Crippen molar-refractivity contribution in [3.63, 3.8) is 0 Å². The molecule has 0 aromatic rings. The third-order valence-electron chi connectivity index (χ3n) is 7.07. The Bertz CT molecular complexity index is 485. The average Bonchev–Trinajstić information content (AvgIpc) is 2.76. The number of esters is 1. The lowest BCUT2D eigenvalue weighted by Crippen LogP contribution is -2.31. The lowest BCUT2D eigenvalue weighted by Gasteiger charge is -2.37. The van der Waals surface area contributed by atoms with Gasteiger partial charge in [0.25, 0.3) is 0 Å². The van der Waals surface area contributed by atoms with Crippen LogP contribution in [0.3, 0.4) is 0 Å². The Balaban J connectivity index is 1.53. The molecule has 0 bridgehead atoms. The molecule has 2 saturated carbocycles. The van der Waals surface area contributed by atoms with E-state index in [1.807, 2.05) is 6.07 Å². The summed E-state index contributed by atoms with van der Waals surface area (Å²) in [5, 5.41) is 8.80. The fourth-order valence-corrected chi connectivity index (χ4v) is 5.16. The van der Waals surface area contributed by atoms with Gasteiger partial charge in [-0.05, 0) is 76.5 Å². The number of ether oxygens (including phenoxy) is 2. The van der Waals surface area contributed by atoms with E-state index in [1.54, 1.807) is 6.92 Å². The van der Waals surface area contributed by atoms with Crippen molar-refractivity contribution in [2.24, 2.45) is 17.8 Å². The molecule has 29 heavy (non-hydrogen) atoms. The minimum Gasteiger partial charge on any atom is -0.447 e. The molecule has 166 valence electrons. The predicted molar refractivity (Wildman–Crippen MR) is 116 cm³/mol. The van der Waals surface area contributed by atoms with Crippen molar-refractivity contribution in [3.05, 3.63) is 0 Å². The molecule has 0 saturated heterocycles. The Morgan fingerprint density at radius 3 is 2.03 bits per heavy atom. The fraction of sp³-hybridized carbons (Fsp3) is 0.920. The Morgan fingerprint density at radius 2 is 1.45 bits per heavy atom. The molecular weight excluding hydrogens is 362 g/mol. The summed E-state index contributed by atoms with van der Waals surface area (Å²) in [5.74, 6) is 1.41. The van der Waals surface area contributed by atoms with E-state index in [1.165, 1.54) is 70.6 Å². The van der Waals surface area contributed by atoms with Gasteiger partial charge in [0.1, 0.15) is 6.07 Å². The molecule has 0 N–H and O–H groups in total. The first-order chi connectivity index (χ1) is 14.1.